The maximum absolute atomic E-state index is 13.2. The van der Waals surface area contributed by atoms with Crippen LogP contribution in [0.15, 0.2) is 23.7 Å². The fourth-order valence-electron chi connectivity index (χ4n) is 3.25. The number of aryl methyl sites for hydroxylation is 1. The third kappa shape index (κ3) is 4.41. The number of piperidine rings is 1. The molecule has 1 atom stereocenters. The molecule has 0 aliphatic carbocycles. The Labute approximate surface area is 150 Å². The Hall–Kier alpha value is -1.41. The third-order valence-electron chi connectivity index (χ3n) is 4.70. The van der Waals surface area contributed by atoms with Gasteiger partial charge in [0.15, 0.2) is 11.6 Å². The summed E-state index contributed by atoms with van der Waals surface area (Å²) in [4.78, 5) is 7.95. The van der Waals surface area contributed by atoms with Crippen molar-refractivity contribution in [2.75, 3.05) is 19.6 Å². The van der Waals surface area contributed by atoms with E-state index in [2.05, 4.69) is 9.88 Å². The van der Waals surface area contributed by atoms with E-state index in [1.54, 1.807) is 17.4 Å². The largest absolute Gasteiger partial charge is 0.373 e. The number of nitrogens with zero attached hydrogens (tertiary/aromatic N) is 2. The quantitative estimate of drug-likeness (QED) is 0.850. The summed E-state index contributed by atoms with van der Waals surface area (Å²) in [6, 6.07) is 4.10. The van der Waals surface area contributed by atoms with Gasteiger partial charge in [-0.1, -0.05) is 6.07 Å². The molecule has 1 aromatic carbocycles. The highest BCUT2D eigenvalue weighted by atomic mass is 32.1. The van der Waals surface area contributed by atoms with Gasteiger partial charge in [0, 0.05) is 24.5 Å². The van der Waals surface area contributed by atoms with Gasteiger partial charge in [-0.25, -0.2) is 13.8 Å². The van der Waals surface area contributed by atoms with Crippen LogP contribution in [0.5, 0.6) is 0 Å². The van der Waals surface area contributed by atoms with E-state index in [4.69, 9.17) is 10.5 Å². The second kappa shape index (κ2) is 8.31. The van der Waals surface area contributed by atoms with Crippen LogP contribution < -0.4 is 5.73 Å². The number of benzene rings is 1. The van der Waals surface area contributed by atoms with Gasteiger partial charge >= 0.3 is 0 Å². The molecule has 2 aromatic rings. The van der Waals surface area contributed by atoms with Crippen molar-refractivity contribution in [3.8, 4) is 0 Å². The van der Waals surface area contributed by atoms with Gasteiger partial charge in [-0.15, -0.1) is 11.3 Å². The van der Waals surface area contributed by atoms with Crippen LogP contribution in [0.1, 0.15) is 35.0 Å². The number of halogens is 2. The molecule has 1 aromatic heterocycles. The zero-order chi connectivity index (χ0) is 17.8. The molecule has 3 rings (SSSR count). The molecule has 1 fully saturated rings. The lowest BCUT2D eigenvalue weighted by atomic mass is 10.0. The summed E-state index contributed by atoms with van der Waals surface area (Å²) in [5.41, 5.74) is 9.57. The van der Waals surface area contributed by atoms with Crippen LogP contribution in [0.2, 0.25) is 0 Å². The molecule has 4 nitrogen and oxygen atoms in total. The molecule has 136 valence electrons. The molecule has 2 N–H and O–H groups in total. The fourth-order valence-corrected chi connectivity index (χ4v) is 4.20. The summed E-state index contributed by atoms with van der Waals surface area (Å²) in [6.45, 7) is 4.70. The van der Waals surface area contributed by atoms with Crippen LogP contribution in [-0.2, 0) is 11.3 Å². The van der Waals surface area contributed by atoms with Crippen molar-refractivity contribution >= 4 is 11.3 Å². The number of hydrogen-bond acceptors (Lipinski definition) is 5. The first-order chi connectivity index (χ1) is 12.1. The summed E-state index contributed by atoms with van der Waals surface area (Å²) in [7, 11) is 0. The minimum atomic E-state index is -0.832. The van der Waals surface area contributed by atoms with Crippen molar-refractivity contribution in [1.29, 1.82) is 0 Å². The third-order valence-corrected chi connectivity index (χ3v) is 5.73. The van der Waals surface area contributed by atoms with Gasteiger partial charge in [-0.05, 0) is 37.5 Å². The topological polar surface area (TPSA) is 51.4 Å². The van der Waals surface area contributed by atoms with E-state index in [0.717, 1.165) is 37.7 Å². The number of aromatic nitrogens is 1. The van der Waals surface area contributed by atoms with Crippen LogP contribution >= 0.6 is 11.3 Å². The van der Waals surface area contributed by atoms with Crippen LogP contribution in [0.3, 0.4) is 0 Å². The van der Waals surface area contributed by atoms with Gasteiger partial charge in [0.1, 0.15) is 0 Å². The lowest BCUT2D eigenvalue weighted by Crippen LogP contribution is -2.41. The maximum Gasteiger partial charge on any atom is 0.159 e. The number of nitrogens with two attached hydrogens (primary N) is 1. The fraction of sp³-hybridized carbons (Fsp3) is 0.500. The first-order valence-electron chi connectivity index (χ1n) is 8.48. The Morgan fingerprint density at radius 3 is 2.68 bits per heavy atom. The highest BCUT2D eigenvalue weighted by molar-refractivity contribution is 7.09. The van der Waals surface area contributed by atoms with E-state index in [0.29, 0.717) is 18.7 Å². The van der Waals surface area contributed by atoms with E-state index < -0.39 is 11.6 Å². The van der Waals surface area contributed by atoms with Crippen molar-refractivity contribution in [3.05, 3.63) is 51.5 Å². The molecule has 25 heavy (non-hydrogen) atoms. The van der Waals surface area contributed by atoms with Gasteiger partial charge in [-0.2, -0.15) is 0 Å². The monoisotopic (exact) mass is 367 g/mol. The Bertz CT molecular complexity index is 701. The summed E-state index contributed by atoms with van der Waals surface area (Å²) in [5.74, 6) is -1.66. The molecular weight excluding hydrogens is 344 g/mol. The highest BCUT2D eigenvalue weighted by Crippen LogP contribution is 2.29. The zero-order valence-corrected chi connectivity index (χ0v) is 15.1. The predicted octanol–water partition coefficient (Wildman–Crippen LogP) is 3.41. The van der Waals surface area contributed by atoms with E-state index >= 15 is 0 Å². The van der Waals surface area contributed by atoms with E-state index in [1.165, 1.54) is 10.9 Å². The molecule has 0 bridgehead atoms. The van der Waals surface area contributed by atoms with Crippen LogP contribution in [0.4, 0.5) is 8.78 Å². The minimum absolute atomic E-state index is 0.130. The molecule has 0 amide bonds. The number of hydrogen-bond donors (Lipinski definition) is 1. The normalized spacial score (nSPS) is 17.8. The standard InChI is InChI=1S/C18H23F2N3OS/c1-12-18(25-11-22-12)17(9-21)23-6-4-14(5-7-23)24-10-13-2-3-15(19)16(20)8-13/h2-3,8,11,14,17H,4-7,9-10,21H2,1H3. The van der Waals surface area contributed by atoms with Gasteiger partial charge in [0.25, 0.3) is 0 Å². The maximum atomic E-state index is 13.2. The van der Waals surface area contributed by atoms with Crippen LogP contribution in [-0.4, -0.2) is 35.6 Å². The average Bonchev–Trinajstić information content (AvgIpc) is 3.04. The number of ether oxygens (including phenoxy) is 1. The molecule has 2 heterocycles. The Morgan fingerprint density at radius 1 is 1.32 bits per heavy atom. The number of likely N-dealkylation sites (tertiary alicyclic amines) is 1. The van der Waals surface area contributed by atoms with Gasteiger partial charge in [0.2, 0.25) is 0 Å². The van der Waals surface area contributed by atoms with Gasteiger partial charge in [-0.3, -0.25) is 4.90 Å². The Balaban J connectivity index is 1.51. The minimum Gasteiger partial charge on any atom is -0.373 e. The van der Waals surface area contributed by atoms with Crippen LogP contribution in [0, 0.1) is 18.6 Å². The summed E-state index contributed by atoms with van der Waals surface area (Å²) in [6.07, 6.45) is 1.93. The summed E-state index contributed by atoms with van der Waals surface area (Å²) < 4.78 is 32.1. The van der Waals surface area contributed by atoms with Gasteiger partial charge < -0.3 is 10.5 Å². The molecule has 0 spiro atoms. The second-order valence-corrected chi connectivity index (χ2v) is 7.23. The SMILES string of the molecule is Cc1ncsc1C(CN)N1CCC(OCc2ccc(F)c(F)c2)CC1. The smallest absolute Gasteiger partial charge is 0.159 e. The molecule has 0 saturated carbocycles. The second-order valence-electron chi connectivity index (χ2n) is 6.35. The van der Waals surface area contributed by atoms with Crippen molar-refractivity contribution in [3.63, 3.8) is 0 Å². The average molecular weight is 367 g/mol. The lowest BCUT2D eigenvalue weighted by molar-refractivity contribution is -0.0105. The molecule has 7 heteroatoms. The number of rotatable bonds is 6. The molecule has 1 aliphatic heterocycles. The highest BCUT2D eigenvalue weighted by Gasteiger charge is 2.27. The van der Waals surface area contributed by atoms with Crippen LogP contribution in [0.25, 0.3) is 0 Å². The van der Waals surface area contributed by atoms with Crippen molar-refractivity contribution in [1.82, 2.24) is 9.88 Å². The summed E-state index contributed by atoms with van der Waals surface area (Å²) >= 11 is 1.66. The predicted molar refractivity (Wildman–Crippen MR) is 94.4 cm³/mol. The first-order valence-corrected chi connectivity index (χ1v) is 9.36. The van der Waals surface area contributed by atoms with E-state index in [-0.39, 0.29) is 12.1 Å². The van der Waals surface area contributed by atoms with Crippen molar-refractivity contribution < 1.29 is 13.5 Å². The summed E-state index contributed by atoms with van der Waals surface area (Å²) in [5, 5.41) is 0. The molecular formula is C18H23F2N3OS. The molecule has 1 unspecified atom stereocenters. The zero-order valence-electron chi connectivity index (χ0n) is 14.3. The van der Waals surface area contributed by atoms with Crippen molar-refractivity contribution in [2.45, 2.75) is 38.5 Å². The Kier molecular flexibility index (Phi) is 6.11. The molecule has 1 saturated heterocycles. The Morgan fingerprint density at radius 2 is 2.08 bits per heavy atom. The lowest BCUT2D eigenvalue weighted by Gasteiger charge is -2.36. The molecule has 1 aliphatic rings. The van der Waals surface area contributed by atoms with Gasteiger partial charge in [0.05, 0.1) is 30.0 Å². The number of thiazole rings is 1. The van der Waals surface area contributed by atoms with Crippen molar-refractivity contribution in [2.24, 2.45) is 5.73 Å². The molecule has 0 radical (unpaired) electrons. The van der Waals surface area contributed by atoms with E-state index in [9.17, 15) is 8.78 Å². The van der Waals surface area contributed by atoms with E-state index in [1.807, 2.05) is 12.4 Å². The first kappa shape index (κ1) is 18.4.